The molecule has 2 aliphatic carbocycles. The van der Waals surface area contributed by atoms with Crippen molar-refractivity contribution < 1.29 is 14.6 Å². The summed E-state index contributed by atoms with van der Waals surface area (Å²) in [6.07, 6.45) is 2.36. The number of rotatable bonds is 5. The van der Waals surface area contributed by atoms with Crippen LogP contribution in [-0.4, -0.2) is 15.8 Å². The van der Waals surface area contributed by atoms with E-state index >= 15 is 0 Å². The molecule has 0 radical (unpaired) electrons. The molecule has 1 aromatic rings. The summed E-state index contributed by atoms with van der Waals surface area (Å²) >= 11 is 0. The summed E-state index contributed by atoms with van der Waals surface area (Å²) in [4.78, 5) is 33.4. The van der Waals surface area contributed by atoms with Gasteiger partial charge in [0.05, 0.1) is 21.3 Å². The number of benzene rings is 1. The van der Waals surface area contributed by atoms with E-state index < -0.39 is 26.6 Å². The van der Waals surface area contributed by atoms with Crippen molar-refractivity contribution >= 4 is 23.0 Å². The maximum Gasteiger partial charge on any atom is 0.300 e. The van der Waals surface area contributed by atoms with Crippen LogP contribution in [0.15, 0.2) is 30.4 Å². The summed E-state index contributed by atoms with van der Waals surface area (Å²) < 4.78 is 0. The molecule has 0 heterocycles. The molecular formula is C17H20N4O5. The van der Waals surface area contributed by atoms with E-state index in [1.165, 1.54) is 6.07 Å². The van der Waals surface area contributed by atoms with Gasteiger partial charge < -0.3 is 0 Å². The van der Waals surface area contributed by atoms with Gasteiger partial charge in [-0.1, -0.05) is 26.0 Å². The van der Waals surface area contributed by atoms with Gasteiger partial charge in [-0.05, 0) is 36.7 Å². The van der Waals surface area contributed by atoms with E-state index in [0.29, 0.717) is 18.8 Å². The first-order valence-corrected chi connectivity index (χ1v) is 8.29. The number of carbonyl (C=O) groups excluding carboxylic acids is 1. The average Bonchev–Trinajstić information content (AvgIpc) is 3.11. The zero-order valence-corrected chi connectivity index (χ0v) is 14.6. The fourth-order valence-electron chi connectivity index (χ4n) is 4.28. The van der Waals surface area contributed by atoms with Crippen molar-refractivity contribution in [3.63, 3.8) is 0 Å². The van der Waals surface area contributed by atoms with E-state index in [1.807, 2.05) is 0 Å². The standard InChI is InChI=1S/C17H20N4O5/c1-10-16(2,3)11-6-7-17(10,9-11)15(22)19-18-13-5-4-12(20(23)24)8-14(13)21(25)26/h4-5,8,11,18H,1,6-7,9H2,2-3H3,(H,19,22). The van der Waals surface area contributed by atoms with Crippen LogP contribution in [0.2, 0.25) is 0 Å². The van der Waals surface area contributed by atoms with Crippen molar-refractivity contribution in [3.05, 3.63) is 50.6 Å². The lowest BCUT2D eigenvalue weighted by Gasteiger charge is -2.37. The van der Waals surface area contributed by atoms with Gasteiger partial charge in [-0.25, -0.2) is 0 Å². The van der Waals surface area contributed by atoms with E-state index in [2.05, 4.69) is 31.3 Å². The van der Waals surface area contributed by atoms with Gasteiger partial charge in [-0.3, -0.25) is 35.9 Å². The van der Waals surface area contributed by atoms with Gasteiger partial charge in [0.2, 0.25) is 5.91 Å². The Bertz CT molecular complexity index is 834. The molecule has 3 rings (SSSR count). The maximum atomic E-state index is 12.8. The molecule has 2 fully saturated rings. The van der Waals surface area contributed by atoms with Crippen molar-refractivity contribution in [2.75, 3.05) is 5.43 Å². The van der Waals surface area contributed by atoms with Crippen LogP contribution in [-0.2, 0) is 4.79 Å². The van der Waals surface area contributed by atoms with Gasteiger partial charge in [-0.2, -0.15) is 0 Å². The molecule has 2 saturated carbocycles. The predicted molar refractivity (Wildman–Crippen MR) is 94.2 cm³/mol. The Hall–Kier alpha value is -2.97. The lowest BCUT2D eigenvalue weighted by Crippen LogP contribution is -2.43. The lowest BCUT2D eigenvalue weighted by molar-refractivity contribution is -0.393. The Kier molecular flexibility index (Phi) is 3.97. The summed E-state index contributed by atoms with van der Waals surface area (Å²) in [7, 11) is 0. The Morgan fingerprint density at radius 1 is 1.27 bits per heavy atom. The first-order valence-electron chi connectivity index (χ1n) is 8.29. The van der Waals surface area contributed by atoms with E-state index in [-0.39, 0.29) is 17.0 Å². The number of hydrazine groups is 1. The van der Waals surface area contributed by atoms with Crippen LogP contribution in [0.1, 0.15) is 33.1 Å². The molecule has 1 amide bonds. The Labute approximate surface area is 149 Å². The van der Waals surface area contributed by atoms with Crippen molar-refractivity contribution in [1.29, 1.82) is 0 Å². The minimum atomic E-state index is -0.733. The topological polar surface area (TPSA) is 127 Å². The van der Waals surface area contributed by atoms with Crippen LogP contribution < -0.4 is 10.9 Å². The monoisotopic (exact) mass is 360 g/mol. The van der Waals surface area contributed by atoms with Crippen molar-refractivity contribution in [2.45, 2.75) is 33.1 Å². The van der Waals surface area contributed by atoms with Crippen molar-refractivity contribution in [3.8, 4) is 0 Å². The van der Waals surface area contributed by atoms with E-state index in [4.69, 9.17) is 0 Å². The molecule has 2 unspecified atom stereocenters. The number of nitro groups is 2. The number of nitrogens with zero attached hydrogens (tertiary/aromatic N) is 2. The number of hydrogen-bond donors (Lipinski definition) is 2. The number of fused-ring (bicyclic) bond motifs is 2. The van der Waals surface area contributed by atoms with Crippen LogP contribution in [0.4, 0.5) is 17.1 Å². The number of nitro benzene ring substituents is 2. The largest absolute Gasteiger partial charge is 0.300 e. The van der Waals surface area contributed by atoms with Crippen LogP contribution in [0.5, 0.6) is 0 Å². The highest BCUT2D eigenvalue weighted by molar-refractivity contribution is 5.88. The molecule has 2 N–H and O–H groups in total. The molecule has 138 valence electrons. The molecule has 2 bridgehead atoms. The van der Waals surface area contributed by atoms with Crippen LogP contribution in [0, 0.1) is 37.0 Å². The van der Waals surface area contributed by atoms with E-state index in [1.54, 1.807) is 0 Å². The van der Waals surface area contributed by atoms with Gasteiger partial charge in [0.1, 0.15) is 5.69 Å². The van der Waals surface area contributed by atoms with Gasteiger partial charge in [-0.15, -0.1) is 0 Å². The lowest BCUT2D eigenvalue weighted by atomic mass is 9.68. The highest BCUT2D eigenvalue weighted by Gasteiger charge is 2.60. The van der Waals surface area contributed by atoms with E-state index in [0.717, 1.165) is 24.1 Å². The first kappa shape index (κ1) is 17.8. The summed E-state index contributed by atoms with van der Waals surface area (Å²) in [6, 6.07) is 3.21. The highest BCUT2D eigenvalue weighted by Crippen LogP contribution is 2.65. The molecule has 9 nitrogen and oxygen atoms in total. The Morgan fingerprint density at radius 2 is 1.96 bits per heavy atom. The van der Waals surface area contributed by atoms with Gasteiger partial charge in [0, 0.05) is 6.07 Å². The molecule has 9 heteroatoms. The number of carbonyl (C=O) groups is 1. The quantitative estimate of drug-likeness (QED) is 0.471. The molecular weight excluding hydrogens is 340 g/mol. The van der Waals surface area contributed by atoms with Gasteiger partial charge >= 0.3 is 5.69 Å². The second-order valence-electron chi connectivity index (χ2n) is 7.52. The molecule has 0 aliphatic heterocycles. The molecule has 0 saturated heterocycles. The predicted octanol–water partition coefficient (Wildman–Crippen LogP) is 3.33. The second-order valence-corrected chi connectivity index (χ2v) is 7.52. The van der Waals surface area contributed by atoms with Crippen molar-refractivity contribution in [1.82, 2.24) is 5.43 Å². The molecule has 0 spiro atoms. The SMILES string of the molecule is C=C1C2(C(=O)NNc3ccc([N+](=O)[O-])cc3[N+](=O)[O-])CCC(C2)C1(C)C. The zero-order chi connectivity index (χ0) is 19.3. The molecule has 1 aromatic carbocycles. The normalized spacial score (nSPS) is 25.8. The van der Waals surface area contributed by atoms with Gasteiger partial charge in [0.15, 0.2) is 0 Å². The number of non-ortho nitro benzene ring substituents is 1. The van der Waals surface area contributed by atoms with Gasteiger partial charge in [0.25, 0.3) is 5.69 Å². The van der Waals surface area contributed by atoms with E-state index in [9.17, 15) is 25.0 Å². The average molecular weight is 360 g/mol. The second kappa shape index (κ2) is 5.79. The number of amides is 1. The fraction of sp³-hybridized carbons (Fsp3) is 0.471. The minimum Gasteiger partial charge on any atom is -0.292 e. The highest BCUT2D eigenvalue weighted by atomic mass is 16.6. The summed E-state index contributed by atoms with van der Waals surface area (Å²) in [5.74, 6) is 0.123. The van der Waals surface area contributed by atoms with Crippen LogP contribution in [0.3, 0.4) is 0 Å². The Balaban J connectivity index is 1.80. The fourth-order valence-corrected chi connectivity index (χ4v) is 4.28. The van der Waals surface area contributed by atoms with Crippen LogP contribution >= 0.6 is 0 Å². The zero-order valence-electron chi connectivity index (χ0n) is 14.6. The Morgan fingerprint density at radius 3 is 2.50 bits per heavy atom. The molecule has 26 heavy (non-hydrogen) atoms. The number of nitrogens with one attached hydrogen (secondary N) is 2. The molecule has 2 atom stereocenters. The summed E-state index contributed by atoms with van der Waals surface area (Å²) in [5.41, 5.74) is 4.32. The third-order valence-corrected chi connectivity index (χ3v) is 6.02. The minimum absolute atomic E-state index is 0.0113. The third-order valence-electron chi connectivity index (χ3n) is 6.02. The first-order chi connectivity index (χ1) is 12.1. The maximum absolute atomic E-state index is 12.8. The number of anilines is 1. The summed E-state index contributed by atoms with van der Waals surface area (Å²) in [5, 5.41) is 22.0. The number of hydrogen-bond acceptors (Lipinski definition) is 6. The third kappa shape index (κ3) is 2.51. The molecule has 2 aliphatic rings. The summed E-state index contributed by atoms with van der Waals surface area (Å²) in [6.45, 7) is 8.32. The van der Waals surface area contributed by atoms with Crippen molar-refractivity contribution in [2.24, 2.45) is 16.7 Å². The van der Waals surface area contributed by atoms with Crippen LogP contribution in [0.25, 0.3) is 0 Å². The molecule has 0 aromatic heterocycles. The smallest absolute Gasteiger partial charge is 0.292 e.